The van der Waals surface area contributed by atoms with Crippen molar-refractivity contribution in [3.8, 4) is 11.8 Å². The number of hydrogen-bond donors (Lipinski definition) is 1. The number of halogens is 3. The molecule has 156 valence electrons. The summed E-state index contributed by atoms with van der Waals surface area (Å²) in [4.78, 5) is 14.4. The summed E-state index contributed by atoms with van der Waals surface area (Å²) in [5.74, 6) is 0.427. The van der Waals surface area contributed by atoms with E-state index >= 15 is 0 Å². The second-order valence-electron chi connectivity index (χ2n) is 7.58. The number of carbonyl (C=O) groups excluding carboxylic acids is 1. The average Bonchev–Trinajstić information content (AvgIpc) is 3.44. The predicted molar refractivity (Wildman–Crippen MR) is 104 cm³/mol. The highest BCUT2D eigenvalue weighted by Gasteiger charge is 2.41. The molecule has 2 atom stereocenters. The molecule has 2 aromatic carbocycles. The van der Waals surface area contributed by atoms with Gasteiger partial charge in [0.05, 0.1) is 23.7 Å². The molecule has 1 saturated carbocycles. The van der Waals surface area contributed by atoms with Gasteiger partial charge in [-0.2, -0.15) is 18.4 Å². The lowest BCUT2D eigenvalue weighted by Gasteiger charge is -2.26. The number of nitrogens with zero attached hydrogens (tertiary/aromatic N) is 2. The highest BCUT2D eigenvalue weighted by molar-refractivity contribution is 5.86. The van der Waals surface area contributed by atoms with Gasteiger partial charge in [0.25, 0.3) is 0 Å². The van der Waals surface area contributed by atoms with Gasteiger partial charge in [-0.1, -0.05) is 18.2 Å². The monoisotopic (exact) mass is 415 g/mol. The Morgan fingerprint density at radius 1 is 1.17 bits per heavy atom. The zero-order valence-electron chi connectivity index (χ0n) is 16.0. The summed E-state index contributed by atoms with van der Waals surface area (Å²) in [5.41, 5.74) is -1.20. The molecular formula is C22H20F3N3O2. The van der Waals surface area contributed by atoms with Gasteiger partial charge in [-0.25, -0.2) is 0 Å². The van der Waals surface area contributed by atoms with Crippen LogP contribution in [0.3, 0.4) is 0 Å². The Morgan fingerprint density at radius 3 is 2.53 bits per heavy atom. The topological polar surface area (TPSA) is 65.4 Å². The lowest BCUT2D eigenvalue weighted by atomic mass is 10.1. The van der Waals surface area contributed by atoms with Crippen molar-refractivity contribution < 1.29 is 22.7 Å². The van der Waals surface area contributed by atoms with E-state index in [4.69, 9.17) is 10.00 Å². The van der Waals surface area contributed by atoms with Crippen LogP contribution < -0.4 is 15.0 Å². The van der Waals surface area contributed by atoms with E-state index < -0.39 is 23.3 Å². The average molecular weight is 415 g/mol. The van der Waals surface area contributed by atoms with Crippen molar-refractivity contribution in [3.05, 3.63) is 59.7 Å². The predicted octanol–water partition coefficient (Wildman–Crippen LogP) is 3.88. The van der Waals surface area contributed by atoms with Gasteiger partial charge in [-0.15, -0.1) is 0 Å². The smallest absolute Gasteiger partial charge is 0.417 e. The molecule has 8 heteroatoms. The molecule has 1 amide bonds. The molecule has 1 N–H and O–H groups in total. The number of para-hydroxylation sites is 1. The Hall–Kier alpha value is -3.21. The van der Waals surface area contributed by atoms with E-state index in [0.717, 1.165) is 25.0 Å². The van der Waals surface area contributed by atoms with Crippen LogP contribution in [0, 0.1) is 11.3 Å². The number of anilines is 1. The molecule has 5 nitrogen and oxygen atoms in total. The number of hydrogen-bond acceptors (Lipinski definition) is 4. The second kappa shape index (κ2) is 7.90. The molecule has 1 heterocycles. The number of ether oxygens (including phenoxy) is 1. The Balaban J connectivity index is 1.62. The minimum absolute atomic E-state index is 0.139. The van der Waals surface area contributed by atoms with E-state index in [2.05, 4.69) is 5.32 Å². The van der Waals surface area contributed by atoms with Gasteiger partial charge in [-0.3, -0.25) is 4.79 Å². The van der Waals surface area contributed by atoms with Crippen LogP contribution in [0.2, 0.25) is 0 Å². The van der Waals surface area contributed by atoms with Crippen LogP contribution in [-0.2, 0) is 11.0 Å². The third kappa shape index (κ3) is 4.35. The quantitative estimate of drug-likeness (QED) is 0.805. The minimum atomic E-state index is -4.66. The molecule has 1 saturated heterocycles. The van der Waals surface area contributed by atoms with E-state index in [9.17, 15) is 18.0 Å². The molecule has 0 radical (unpaired) electrons. The molecular weight excluding hydrogens is 395 g/mol. The maximum absolute atomic E-state index is 13.4. The van der Waals surface area contributed by atoms with Crippen LogP contribution in [0.1, 0.15) is 30.4 Å². The van der Waals surface area contributed by atoms with Gasteiger partial charge in [0.2, 0.25) is 5.91 Å². The standard InChI is InChI=1S/C22H20F3N3O2/c23-22(24,25)19-10-16(9-6-14(19)12-26)28-13-18(30-17-4-2-1-3-5-17)11-20(28)21(29)27-15-7-8-15/h1-6,9-10,15,18,20H,7-8,11,13H2,(H,27,29)/t18-,20-/m0/s1. The highest BCUT2D eigenvalue weighted by atomic mass is 19.4. The Kier molecular flexibility index (Phi) is 5.29. The molecule has 0 spiro atoms. The number of benzene rings is 2. The number of carbonyl (C=O) groups is 1. The third-order valence-corrected chi connectivity index (χ3v) is 5.30. The first-order valence-electron chi connectivity index (χ1n) is 9.75. The summed E-state index contributed by atoms with van der Waals surface area (Å²) in [6.07, 6.45) is -2.83. The summed E-state index contributed by atoms with van der Waals surface area (Å²) in [6.45, 7) is 0.265. The van der Waals surface area contributed by atoms with Crippen LogP contribution in [0.5, 0.6) is 5.75 Å². The van der Waals surface area contributed by atoms with Crippen LogP contribution >= 0.6 is 0 Å². The molecule has 0 bridgehead atoms. The van der Waals surface area contributed by atoms with Gasteiger partial charge < -0.3 is 15.0 Å². The summed E-state index contributed by atoms with van der Waals surface area (Å²) in [5, 5.41) is 12.0. The van der Waals surface area contributed by atoms with Crippen LogP contribution in [0.25, 0.3) is 0 Å². The first-order chi connectivity index (χ1) is 14.3. The molecule has 0 aromatic heterocycles. The fourth-order valence-electron chi connectivity index (χ4n) is 3.68. The zero-order valence-corrected chi connectivity index (χ0v) is 16.0. The number of alkyl halides is 3. The largest absolute Gasteiger partial charge is 0.488 e. The number of amides is 1. The van der Waals surface area contributed by atoms with E-state index in [-0.39, 0.29) is 30.3 Å². The fourth-order valence-corrected chi connectivity index (χ4v) is 3.68. The van der Waals surface area contributed by atoms with Crippen molar-refractivity contribution in [2.75, 3.05) is 11.4 Å². The van der Waals surface area contributed by atoms with Crippen molar-refractivity contribution >= 4 is 11.6 Å². The number of nitriles is 1. The van der Waals surface area contributed by atoms with Crippen LogP contribution in [0.15, 0.2) is 48.5 Å². The molecule has 2 aromatic rings. The van der Waals surface area contributed by atoms with Gasteiger partial charge in [0, 0.05) is 18.2 Å². The lowest BCUT2D eigenvalue weighted by molar-refractivity contribution is -0.137. The molecule has 1 aliphatic heterocycles. The fraction of sp³-hybridized carbons (Fsp3) is 0.364. The third-order valence-electron chi connectivity index (χ3n) is 5.30. The van der Waals surface area contributed by atoms with Crippen molar-refractivity contribution in [2.45, 2.75) is 43.6 Å². The molecule has 2 aliphatic rings. The van der Waals surface area contributed by atoms with E-state index in [0.29, 0.717) is 12.2 Å². The maximum atomic E-state index is 13.4. The summed E-state index contributed by atoms with van der Waals surface area (Å²) >= 11 is 0. The summed E-state index contributed by atoms with van der Waals surface area (Å²) in [6, 6.07) is 13.7. The molecule has 2 fully saturated rings. The van der Waals surface area contributed by atoms with Gasteiger partial charge >= 0.3 is 6.18 Å². The minimum Gasteiger partial charge on any atom is -0.488 e. The lowest BCUT2D eigenvalue weighted by Crippen LogP contribution is -2.44. The Labute approximate surface area is 172 Å². The highest BCUT2D eigenvalue weighted by Crippen LogP contribution is 2.37. The van der Waals surface area contributed by atoms with E-state index in [1.54, 1.807) is 23.1 Å². The summed E-state index contributed by atoms with van der Waals surface area (Å²) in [7, 11) is 0. The van der Waals surface area contributed by atoms with Crippen molar-refractivity contribution in [1.29, 1.82) is 5.26 Å². The summed E-state index contributed by atoms with van der Waals surface area (Å²) < 4.78 is 46.3. The second-order valence-corrected chi connectivity index (χ2v) is 7.58. The van der Waals surface area contributed by atoms with Crippen LogP contribution in [0.4, 0.5) is 18.9 Å². The number of rotatable bonds is 5. The van der Waals surface area contributed by atoms with Crippen molar-refractivity contribution in [2.24, 2.45) is 0 Å². The first-order valence-corrected chi connectivity index (χ1v) is 9.75. The van der Waals surface area contributed by atoms with Gasteiger partial charge in [0.15, 0.2) is 0 Å². The van der Waals surface area contributed by atoms with Gasteiger partial charge in [0.1, 0.15) is 17.9 Å². The molecule has 4 rings (SSSR count). The van der Waals surface area contributed by atoms with Crippen LogP contribution in [-0.4, -0.2) is 30.6 Å². The van der Waals surface area contributed by atoms with Gasteiger partial charge in [-0.05, 0) is 43.2 Å². The molecule has 30 heavy (non-hydrogen) atoms. The van der Waals surface area contributed by atoms with E-state index in [1.807, 2.05) is 18.2 Å². The Morgan fingerprint density at radius 2 is 1.90 bits per heavy atom. The first kappa shape index (κ1) is 20.1. The zero-order chi connectivity index (χ0) is 21.3. The molecule has 1 aliphatic carbocycles. The van der Waals surface area contributed by atoms with E-state index in [1.165, 1.54) is 6.07 Å². The normalized spacial score (nSPS) is 21.2. The van der Waals surface area contributed by atoms with Crippen molar-refractivity contribution in [3.63, 3.8) is 0 Å². The maximum Gasteiger partial charge on any atom is 0.417 e. The SMILES string of the molecule is N#Cc1ccc(N2C[C@@H](Oc3ccccc3)C[C@H]2C(=O)NC2CC2)cc1C(F)(F)F. The Bertz CT molecular complexity index is 968. The van der Waals surface area contributed by atoms with Crippen molar-refractivity contribution in [1.82, 2.24) is 5.32 Å². The number of nitrogens with one attached hydrogen (secondary N) is 1. The molecule has 0 unspecified atom stereocenters.